The van der Waals surface area contributed by atoms with Crippen molar-refractivity contribution in [2.24, 2.45) is 10.8 Å². The molecule has 254 valence electrons. The van der Waals surface area contributed by atoms with Crippen LogP contribution in [0.15, 0.2) is 0 Å². The first-order chi connectivity index (χ1) is 20.3. The minimum atomic E-state index is -0.198. The predicted molar refractivity (Wildman–Crippen MR) is 189 cm³/mol. The predicted octanol–water partition coefficient (Wildman–Crippen LogP) is 14.7. The van der Waals surface area contributed by atoms with E-state index >= 15 is 0 Å². The summed E-state index contributed by atoms with van der Waals surface area (Å²) in [5, 5.41) is 0. The van der Waals surface area contributed by atoms with Gasteiger partial charge in [0.05, 0.1) is 0 Å². The lowest BCUT2D eigenvalue weighted by Gasteiger charge is -2.55. The van der Waals surface area contributed by atoms with Crippen LogP contribution >= 0.6 is 0 Å². The second-order valence-corrected chi connectivity index (χ2v) is 14.3. The van der Waals surface area contributed by atoms with E-state index in [0.29, 0.717) is 0 Å². The zero-order valence-electron chi connectivity index (χ0n) is 31.2. The highest BCUT2D eigenvalue weighted by Gasteiger charge is 2.55. The van der Waals surface area contributed by atoms with Crippen LogP contribution in [0.25, 0.3) is 0 Å². The molecular weight excluding hydrogens is 512 g/mol. The molecule has 0 heterocycles. The number of rotatable bonds is 31. The van der Waals surface area contributed by atoms with Gasteiger partial charge in [-0.3, -0.25) is 0 Å². The van der Waals surface area contributed by atoms with Gasteiger partial charge in [-0.25, -0.2) is 9.78 Å². The third-order valence-electron chi connectivity index (χ3n) is 11.4. The number of hydrogen-bond acceptors (Lipinski definition) is 2. The maximum Gasteiger partial charge on any atom is 0.109 e. The van der Waals surface area contributed by atoms with Crippen molar-refractivity contribution in [1.29, 1.82) is 0 Å². The minimum absolute atomic E-state index is 0.187. The van der Waals surface area contributed by atoms with E-state index in [9.17, 15) is 0 Å². The van der Waals surface area contributed by atoms with Crippen molar-refractivity contribution in [1.82, 2.24) is 0 Å². The molecule has 0 aromatic rings. The molecule has 0 aromatic heterocycles. The summed E-state index contributed by atoms with van der Waals surface area (Å²) in [5.74, 6) is 0. The average molecular weight is 595 g/mol. The first-order valence-corrected chi connectivity index (χ1v) is 19.7. The third kappa shape index (κ3) is 12.0. The minimum Gasteiger partial charge on any atom is -0.229 e. The van der Waals surface area contributed by atoms with E-state index in [4.69, 9.17) is 9.78 Å². The Kier molecular flexibility index (Phi) is 24.1. The van der Waals surface area contributed by atoms with Crippen molar-refractivity contribution in [3.05, 3.63) is 0 Å². The van der Waals surface area contributed by atoms with Crippen LogP contribution < -0.4 is 0 Å². The lowest BCUT2D eigenvalue weighted by molar-refractivity contribution is -0.458. The smallest absolute Gasteiger partial charge is 0.109 e. The lowest BCUT2D eigenvalue weighted by Crippen LogP contribution is -2.56. The summed E-state index contributed by atoms with van der Waals surface area (Å²) in [6.45, 7) is 23.9. The van der Waals surface area contributed by atoms with Gasteiger partial charge in [0.1, 0.15) is 11.2 Å². The topological polar surface area (TPSA) is 18.5 Å². The highest BCUT2D eigenvalue weighted by Crippen LogP contribution is 2.56. The van der Waals surface area contributed by atoms with E-state index < -0.39 is 0 Å². The first kappa shape index (κ1) is 41.9. The second kappa shape index (κ2) is 24.2. The standard InChI is InChI=1S/C40H82O2/c1-11-21-29-37(19-9,30-22-12-2)39(33-25-15-5,34-26-16-6)41-42-40(35-27-17-7,36-28-18-8)38(20-10,31-23-13-3)32-24-14-4/h11-36H2,1-10H3. The Hall–Kier alpha value is -0.0800. The van der Waals surface area contributed by atoms with Gasteiger partial charge in [-0.15, -0.1) is 0 Å². The van der Waals surface area contributed by atoms with Gasteiger partial charge in [0.25, 0.3) is 0 Å². The molecule has 0 fully saturated rings. The molecule has 0 aliphatic carbocycles. The third-order valence-corrected chi connectivity index (χ3v) is 11.4. The molecule has 0 saturated heterocycles. The van der Waals surface area contributed by atoms with E-state index in [-0.39, 0.29) is 22.0 Å². The van der Waals surface area contributed by atoms with Crippen LogP contribution in [0.3, 0.4) is 0 Å². The zero-order chi connectivity index (χ0) is 31.8. The SMILES string of the molecule is CCCCC(CC)(CCCC)C(CCCC)(CCCC)OOC(CCCC)(CCCC)C(CC)(CCCC)CCCC. The van der Waals surface area contributed by atoms with Gasteiger partial charge < -0.3 is 0 Å². The van der Waals surface area contributed by atoms with Gasteiger partial charge >= 0.3 is 0 Å². The average Bonchev–Trinajstić information content (AvgIpc) is 3.02. The highest BCUT2D eigenvalue weighted by molar-refractivity contribution is 5.02. The fourth-order valence-electron chi connectivity index (χ4n) is 8.24. The Morgan fingerprint density at radius 3 is 0.643 bits per heavy atom. The van der Waals surface area contributed by atoms with E-state index in [1.807, 2.05) is 0 Å². The van der Waals surface area contributed by atoms with E-state index in [1.165, 1.54) is 141 Å². The molecule has 0 atom stereocenters. The van der Waals surface area contributed by atoms with E-state index in [0.717, 1.165) is 25.7 Å². The van der Waals surface area contributed by atoms with Crippen molar-refractivity contribution in [2.45, 2.75) is 247 Å². The molecule has 0 amide bonds. The molecule has 0 saturated carbocycles. The molecule has 0 rings (SSSR count). The first-order valence-electron chi connectivity index (χ1n) is 19.7. The number of hydrogen-bond donors (Lipinski definition) is 0. The summed E-state index contributed by atoms with van der Waals surface area (Å²) in [5.41, 5.74) is -0.0216. The molecule has 0 bridgehead atoms. The van der Waals surface area contributed by atoms with Crippen molar-refractivity contribution in [3.8, 4) is 0 Å². The summed E-state index contributed by atoms with van der Waals surface area (Å²) in [6.07, 6.45) is 32.1. The molecule has 0 aliphatic heterocycles. The summed E-state index contributed by atoms with van der Waals surface area (Å²) < 4.78 is 0. The molecular formula is C40H82O2. The Balaban J connectivity index is 7.27. The molecule has 0 aromatic carbocycles. The van der Waals surface area contributed by atoms with Crippen molar-refractivity contribution in [2.75, 3.05) is 0 Å². The molecule has 0 radical (unpaired) electrons. The molecule has 42 heavy (non-hydrogen) atoms. The summed E-state index contributed by atoms with van der Waals surface area (Å²) >= 11 is 0. The zero-order valence-corrected chi connectivity index (χ0v) is 31.2. The lowest BCUT2D eigenvalue weighted by atomic mass is 9.60. The van der Waals surface area contributed by atoms with Crippen molar-refractivity contribution >= 4 is 0 Å². The van der Waals surface area contributed by atoms with E-state index in [2.05, 4.69) is 69.2 Å². The Bertz CT molecular complexity index is 512. The Morgan fingerprint density at radius 1 is 0.286 bits per heavy atom. The van der Waals surface area contributed by atoms with Gasteiger partial charge in [0, 0.05) is 10.8 Å². The second-order valence-electron chi connectivity index (χ2n) is 14.3. The van der Waals surface area contributed by atoms with Crippen LogP contribution in [0.4, 0.5) is 0 Å². The quantitative estimate of drug-likeness (QED) is 0.0587. The van der Waals surface area contributed by atoms with Crippen LogP contribution in [0.1, 0.15) is 236 Å². The van der Waals surface area contributed by atoms with Gasteiger partial charge in [0.2, 0.25) is 0 Å². The summed E-state index contributed by atoms with van der Waals surface area (Å²) in [7, 11) is 0. The maximum absolute atomic E-state index is 7.51. The Labute approximate surface area is 267 Å². The molecule has 2 nitrogen and oxygen atoms in total. The molecule has 0 N–H and O–H groups in total. The fraction of sp³-hybridized carbons (Fsp3) is 1.00. The molecule has 0 spiro atoms. The van der Waals surface area contributed by atoms with E-state index in [1.54, 1.807) is 0 Å². The van der Waals surface area contributed by atoms with Gasteiger partial charge in [-0.05, 0) is 64.2 Å². The van der Waals surface area contributed by atoms with Crippen molar-refractivity contribution < 1.29 is 9.78 Å². The molecule has 0 aliphatic rings. The highest BCUT2D eigenvalue weighted by atomic mass is 17.2. The summed E-state index contributed by atoms with van der Waals surface area (Å²) in [4.78, 5) is 15.0. The van der Waals surface area contributed by atoms with Crippen LogP contribution in [0.5, 0.6) is 0 Å². The Morgan fingerprint density at radius 2 is 0.476 bits per heavy atom. The van der Waals surface area contributed by atoms with Gasteiger partial charge in [-0.1, -0.05) is 172 Å². The number of unbranched alkanes of at least 4 members (excludes halogenated alkanes) is 8. The van der Waals surface area contributed by atoms with Gasteiger partial charge in [0.15, 0.2) is 0 Å². The largest absolute Gasteiger partial charge is 0.229 e. The van der Waals surface area contributed by atoms with Crippen LogP contribution in [-0.2, 0) is 9.78 Å². The van der Waals surface area contributed by atoms with Gasteiger partial charge in [-0.2, -0.15) is 0 Å². The monoisotopic (exact) mass is 595 g/mol. The molecule has 2 heteroatoms. The van der Waals surface area contributed by atoms with Crippen LogP contribution in [0.2, 0.25) is 0 Å². The van der Waals surface area contributed by atoms with Crippen LogP contribution in [0, 0.1) is 10.8 Å². The summed E-state index contributed by atoms with van der Waals surface area (Å²) in [6, 6.07) is 0. The molecule has 0 unspecified atom stereocenters. The maximum atomic E-state index is 7.51. The van der Waals surface area contributed by atoms with Crippen LogP contribution in [-0.4, -0.2) is 11.2 Å². The fourth-order valence-corrected chi connectivity index (χ4v) is 8.24. The van der Waals surface area contributed by atoms with Crippen molar-refractivity contribution in [3.63, 3.8) is 0 Å². The normalized spacial score (nSPS) is 13.3.